The first-order chi connectivity index (χ1) is 14.7. The lowest BCUT2D eigenvalue weighted by atomic mass is 9.94. The van der Waals surface area contributed by atoms with Gasteiger partial charge in [0.05, 0.1) is 48.6 Å². The maximum absolute atomic E-state index is 13.0. The molecule has 0 radical (unpaired) electrons. The van der Waals surface area contributed by atoms with E-state index < -0.39 is 35.2 Å². The number of hydrogen-bond acceptors (Lipinski definition) is 6. The number of Topliss-reactive ketones (excluding diaryl/α,β-unsaturated/α-hetero) is 1. The van der Waals surface area contributed by atoms with Crippen LogP contribution in [-0.2, 0) is 27.0 Å². The molecule has 11 heteroatoms. The highest BCUT2D eigenvalue weighted by Crippen LogP contribution is 2.30. The molecule has 1 aromatic heterocycles. The largest absolute Gasteiger partial charge is 0.453 e. The molecule has 2 aromatic rings. The Kier molecular flexibility index (Phi) is 6.63. The van der Waals surface area contributed by atoms with Crippen molar-refractivity contribution >= 4 is 22.8 Å². The zero-order chi connectivity index (χ0) is 22.8. The van der Waals surface area contributed by atoms with Crippen LogP contribution in [0.15, 0.2) is 29.3 Å². The first-order valence-electron chi connectivity index (χ1n) is 9.61. The van der Waals surface area contributed by atoms with Gasteiger partial charge in [0.2, 0.25) is 0 Å². The van der Waals surface area contributed by atoms with E-state index in [1.54, 1.807) is 0 Å². The molecular formula is C20H22F3N3O5. The summed E-state index contributed by atoms with van der Waals surface area (Å²) >= 11 is 0. The highest BCUT2D eigenvalue weighted by Gasteiger charge is 2.36. The number of rotatable bonds is 5. The van der Waals surface area contributed by atoms with E-state index >= 15 is 0 Å². The number of benzene rings is 1. The van der Waals surface area contributed by atoms with Gasteiger partial charge in [-0.3, -0.25) is 14.2 Å². The molecule has 8 nitrogen and oxygen atoms in total. The van der Waals surface area contributed by atoms with Gasteiger partial charge < -0.3 is 14.4 Å². The monoisotopic (exact) mass is 441 g/mol. The minimum absolute atomic E-state index is 0.0966. The first-order valence-corrected chi connectivity index (χ1v) is 9.61. The van der Waals surface area contributed by atoms with Crippen LogP contribution in [0.1, 0.15) is 24.8 Å². The van der Waals surface area contributed by atoms with Gasteiger partial charge in [-0.25, -0.2) is 9.78 Å². The van der Waals surface area contributed by atoms with Gasteiger partial charge in [0.25, 0.3) is 5.56 Å². The number of carbonyl (C=O) groups is 2. The molecule has 31 heavy (non-hydrogen) atoms. The van der Waals surface area contributed by atoms with E-state index in [1.165, 1.54) is 19.1 Å². The van der Waals surface area contributed by atoms with Gasteiger partial charge in [0.1, 0.15) is 0 Å². The zero-order valence-corrected chi connectivity index (χ0v) is 17.0. The van der Waals surface area contributed by atoms with Crippen LogP contribution in [0.2, 0.25) is 0 Å². The summed E-state index contributed by atoms with van der Waals surface area (Å²) < 4.78 is 50.1. The number of halogens is 3. The molecule has 0 N–H and O–H groups in total. The Hall–Kier alpha value is -2.95. The van der Waals surface area contributed by atoms with Crippen LogP contribution < -0.4 is 5.56 Å². The molecule has 0 saturated carbocycles. The first kappa shape index (κ1) is 22.7. The van der Waals surface area contributed by atoms with E-state index in [1.807, 2.05) is 0 Å². The van der Waals surface area contributed by atoms with Crippen LogP contribution in [0.5, 0.6) is 0 Å². The van der Waals surface area contributed by atoms with Crippen molar-refractivity contribution in [2.45, 2.75) is 44.1 Å². The molecule has 168 valence electrons. The predicted molar refractivity (Wildman–Crippen MR) is 104 cm³/mol. The molecule has 2 heterocycles. The molecule has 1 fully saturated rings. The third-order valence-corrected chi connectivity index (χ3v) is 5.36. The van der Waals surface area contributed by atoms with Crippen molar-refractivity contribution in [3.8, 4) is 0 Å². The third kappa shape index (κ3) is 4.87. The number of fused-ring (bicyclic) bond motifs is 1. The van der Waals surface area contributed by atoms with Crippen molar-refractivity contribution in [3.63, 3.8) is 0 Å². The van der Waals surface area contributed by atoms with Crippen LogP contribution in [0, 0.1) is 0 Å². The lowest BCUT2D eigenvalue weighted by Gasteiger charge is -2.39. The van der Waals surface area contributed by atoms with E-state index in [2.05, 4.69) is 4.98 Å². The van der Waals surface area contributed by atoms with Crippen LogP contribution in [0.4, 0.5) is 18.0 Å². The summed E-state index contributed by atoms with van der Waals surface area (Å²) in [5, 5.41) is -0.228. The second kappa shape index (κ2) is 9.04. The van der Waals surface area contributed by atoms with Crippen molar-refractivity contribution in [2.24, 2.45) is 0 Å². The minimum atomic E-state index is -4.61. The number of piperidine rings is 1. The van der Waals surface area contributed by atoms with Gasteiger partial charge in [0.15, 0.2) is 5.78 Å². The Labute approximate surface area is 175 Å². The van der Waals surface area contributed by atoms with Gasteiger partial charge >= 0.3 is 12.3 Å². The van der Waals surface area contributed by atoms with Gasteiger partial charge in [-0.2, -0.15) is 13.2 Å². The molecule has 0 spiro atoms. The quantitative estimate of drug-likeness (QED) is 0.709. The lowest BCUT2D eigenvalue weighted by molar-refractivity contribution is -0.137. The Morgan fingerprint density at radius 2 is 2.00 bits per heavy atom. The number of aromatic nitrogens is 2. The van der Waals surface area contributed by atoms with E-state index in [0.717, 1.165) is 29.1 Å². The number of amides is 1. The van der Waals surface area contributed by atoms with Crippen LogP contribution in [0.25, 0.3) is 10.9 Å². The van der Waals surface area contributed by atoms with Crippen molar-refractivity contribution in [1.29, 1.82) is 0 Å². The topological polar surface area (TPSA) is 90.7 Å². The smallest absolute Gasteiger partial charge is 0.416 e. The molecule has 1 aliphatic rings. The normalized spacial score (nSPS) is 19.5. The van der Waals surface area contributed by atoms with Gasteiger partial charge in [-0.15, -0.1) is 0 Å². The highest BCUT2D eigenvalue weighted by molar-refractivity contribution is 5.81. The molecule has 1 saturated heterocycles. The maximum atomic E-state index is 13.0. The third-order valence-electron chi connectivity index (χ3n) is 5.36. The van der Waals surface area contributed by atoms with Crippen molar-refractivity contribution in [2.75, 3.05) is 20.8 Å². The summed E-state index contributed by atoms with van der Waals surface area (Å²) in [5.74, 6) is -0.391. The molecule has 0 aliphatic carbocycles. The van der Waals surface area contributed by atoms with E-state index in [-0.39, 0.29) is 30.0 Å². The standard InChI is InChI=1S/C20H22F3N3O5/c1-30-17-4-3-7-26(19(29)31-2)16(17)9-13(27)10-25-11-24-15-6-5-12(20(21,22)23)8-14(15)18(25)28/h5-6,8,11,16-17H,3-4,7,9-10H2,1-2H3. The van der Waals surface area contributed by atoms with Gasteiger partial charge in [-0.1, -0.05) is 0 Å². The molecule has 1 aliphatic heterocycles. The molecule has 1 aromatic carbocycles. The molecule has 1 amide bonds. The maximum Gasteiger partial charge on any atom is 0.416 e. The molecule has 2 unspecified atom stereocenters. The van der Waals surface area contributed by atoms with Crippen LogP contribution in [-0.4, -0.2) is 59.2 Å². The fraction of sp³-hybridized carbons (Fsp3) is 0.500. The number of ether oxygens (including phenoxy) is 2. The number of ketones is 1. The fourth-order valence-electron chi connectivity index (χ4n) is 3.82. The fourth-order valence-corrected chi connectivity index (χ4v) is 3.82. The van der Waals surface area contributed by atoms with E-state index in [0.29, 0.717) is 19.4 Å². The van der Waals surface area contributed by atoms with Crippen molar-refractivity contribution in [3.05, 3.63) is 40.4 Å². The van der Waals surface area contributed by atoms with Crippen molar-refractivity contribution < 1.29 is 32.2 Å². The zero-order valence-electron chi connectivity index (χ0n) is 17.0. The SMILES string of the molecule is COC(=O)N1CCCC(OC)C1CC(=O)Cn1cnc2ccc(C(F)(F)F)cc2c1=O. The second-order valence-corrected chi connectivity index (χ2v) is 7.30. The van der Waals surface area contributed by atoms with Crippen LogP contribution >= 0.6 is 0 Å². The summed E-state index contributed by atoms with van der Waals surface area (Å²) in [6, 6.07) is 2.12. The highest BCUT2D eigenvalue weighted by atomic mass is 19.4. The predicted octanol–water partition coefficient (Wildman–Crippen LogP) is 2.62. The minimum Gasteiger partial charge on any atom is -0.453 e. The van der Waals surface area contributed by atoms with Gasteiger partial charge in [0, 0.05) is 20.1 Å². The van der Waals surface area contributed by atoms with Gasteiger partial charge in [-0.05, 0) is 31.0 Å². The van der Waals surface area contributed by atoms with Crippen molar-refractivity contribution in [1.82, 2.24) is 14.5 Å². The summed E-state index contributed by atoms with van der Waals surface area (Å²) in [6.45, 7) is 0.0160. The lowest BCUT2D eigenvalue weighted by Crippen LogP contribution is -2.52. The number of carbonyl (C=O) groups excluding carboxylic acids is 2. The molecule has 2 atom stereocenters. The number of hydrogen-bond donors (Lipinski definition) is 0. The summed E-state index contributed by atoms with van der Waals surface area (Å²) in [6.07, 6.45) is -3.19. The Morgan fingerprint density at radius 1 is 1.26 bits per heavy atom. The van der Waals surface area contributed by atoms with E-state index in [4.69, 9.17) is 9.47 Å². The number of likely N-dealkylation sites (tertiary alicyclic amines) is 1. The Bertz CT molecular complexity index is 1040. The molecular weight excluding hydrogens is 419 g/mol. The van der Waals surface area contributed by atoms with Crippen LogP contribution in [0.3, 0.4) is 0 Å². The summed E-state index contributed by atoms with van der Waals surface area (Å²) in [4.78, 5) is 42.9. The average molecular weight is 441 g/mol. The van der Waals surface area contributed by atoms with E-state index in [9.17, 15) is 27.6 Å². The summed E-state index contributed by atoms with van der Waals surface area (Å²) in [5.41, 5.74) is -1.62. The number of nitrogens with zero attached hydrogens (tertiary/aromatic N) is 3. The Morgan fingerprint density at radius 3 is 2.65 bits per heavy atom. The number of alkyl halides is 3. The average Bonchev–Trinajstić information content (AvgIpc) is 2.74. The number of methoxy groups -OCH3 is 2. The second-order valence-electron chi connectivity index (χ2n) is 7.30. The molecule has 3 rings (SSSR count). The Balaban J connectivity index is 1.84. The molecule has 0 bridgehead atoms. The summed E-state index contributed by atoms with van der Waals surface area (Å²) in [7, 11) is 2.73.